The third kappa shape index (κ3) is 4.23. The van der Waals surface area contributed by atoms with Crippen LogP contribution in [-0.4, -0.2) is 23.6 Å². The van der Waals surface area contributed by atoms with Gasteiger partial charge in [-0.1, -0.05) is 26.0 Å². The van der Waals surface area contributed by atoms with Gasteiger partial charge < -0.3 is 15.2 Å². The third-order valence-electron chi connectivity index (χ3n) is 3.77. The molecule has 0 heterocycles. The lowest BCUT2D eigenvalue weighted by Gasteiger charge is -2.15. The number of carbonyl (C=O) groups excluding carboxylic acids is 1. The van der Waals surface area contributed by atoms with Gasteiger partial charge in [-0.3, -0.25) is 9.59 Å². The zero-order valence-corrected chi connectivity index (χ0v) is 13.2. The molecule has 1 aromatic carbocycles. The first-order valence-corrected chi connectivity index (χ1v) is 7.64. The third-order valence-corrected chi connectivity index (χ3v) is 3.77. The van der Waals surface area contributed by atoms with Crippen LogP contribution in [0.2, 0.25) is 0 Å². The lowest BCUT2D eigenvalue weighted by Crippen LogP contribution is -2.29. The molecule has 1 fully saturated rings. The maximum Gasteiger partial charge on any atom is 0.307 e. The maximum absolute atomic E-state index is 11.9. The summed E-state index contributed by atoms with van der Waals surface area (Å²) < 4.78 is 5.62. The van der Waals surface area contributed by atoms with Gasteiger partial charge >= 0.3 is 5.97 Å². The summed E-state index contributed by atoms with van der Waals surface area (Å²) in [4.78, 5) is 22.7. The van der Waals surface area contributed by atoms with E-state index in [2.05, 4.69) is 19.2 Å². The van der Waals surface area contributed by atoms with Crippen LogP contribution in [0.1, 0.15) is 38.8 Å². The van der Waals surface area contributed by atoms with Crippen molar-refractivity contribution >= 4 is 11.9 Å². The summed E-state index contributed by atoms with van der Waals surface area (Å²) in [7, 11) is 0. The van der Waals surface area contributed by atoms with Gasteiger partial charge in [0, 0.05) is 0 Å². The van der Waals surface area contributed by atoms with Crippen molar-refractivity contribution in [3.05, 3.63) is 29.8 Å². The minimum atomic E-state index is -0.889. The van der Waals surface area contributed by atoms with Gasteiger partial charge in [0.05, 0.1) is 24.5 Å². The fraction of sp³-hybridized carbons (Fsp3) is 0.529. The fourth-order valence-corrected chi connectivity index (χ4v) is 2.28. The summed E-state index contributed by atoms with van der Waals surface area (Å²) >= 11 is 0. The highest BCUT2D eigenvalue weighted by atomic mass is 16.5. The predicted octanol–water partition coefficient (Wildman–Crippen LogP) is 2.62. The molecule has 1 aromatic rings. The maximum atomic E-state index is 11.9. The second-order valence-corrected chi connectivity index (χ2v) is 6.29. The monoisotopic (exact) mass is 305 g/mol. The molecule has 0 saturated heterocycles. The Morgan fingerprint density at radius 3 is 2.36 bits per heavy atom. The van der Waals surface area contributed by atoms with E-state index in [1.165, 1.54) is 0 Å². The van der Waals surface area contributed by atoms with Crippen molar-refractivity contribution in [2.45, 2.75) is 33.2 Å². The Labute approximate surface area is 130 Å². The molecule has 2 N–H and O–H groups in total. The average molecular weight is 305 g/mol. The second kappa shape index (κ2) is 6.81. The van der Waals surface area contributed by atoms with E-state index in [4.69, 9.17) is 9.84 Å². The van der Waals surface area contributed by atoms with Crippen molar-refractivity contribution in [1.29, 1.82) is 0 Å². The lowest BCUT2D eigenvalue weighted by atomic mass is 10.1. The van der Waals surface area contributed by atoms with Gasteiger partial charge in [0.15, 0.2) is 0 Å². The van der Waals surface area contributed by atoms with Crippen molar-refractivity contribution in [2.24, 2.45) is 17.8 Å². The number of hydrogen-bond donors (Lipinski definition) is 2. The Hall–Kier alpha value is -2.04. The van der Waals surface area contributed by atoms with E-state index >= 15 is 0 Å². The fourth-order valence-electron chi connectivity index (χ4n) is 2.28. The molecule has 2 rings (SSSR count). The Balaban J connectivity index is 1.86. The number of hydrogen-bond acceptors (Lipinski definition) is 3. The van der Waals surface area contributed by atoms with Crippen molar-refractivity contribution in [1.82, 2.24) is 5.32 Å². The summed E-state index contributed by atoms with van der Waals surface area (Å²) in [5.41, 5.74) is 0.970. The van der Waals surface area contributed by atoms with E-state index in [0.29, 0.717) is 18.9 Å². The molecule has 1 saturated carbocycles. The van der Waals surface area contributed by atoms with Crippen molar-refractivity contribution in [3.8, 4) is 5.75 Å². The molecule has 22 heavy (non-hydrogen) atoms. The SMILES string of the molecule is CC(C)COc1ccc(C(C)NC(=O)C2CC2C(=O)O)cc1. The van der Waals surface area contributed by atoms with E-state index in [-0.39, 0.29) is 17.9 Å². The molecule has 1 aliphatic rings. The zero-order valence-electron chi connectivity index (χ0n) is 13.2. The minimum Gasteiger partial charge on any atom is -0.493 e. The summed E-state index contributed by atoms with van der Waals surface area (Å²) in [5.74, 6) is -0.685. The molecule has 1 amide bonds. The van der Waals surface area contributed by atoms with Crippen LogP contribution in [-0.2, 0) is 9.59 Å². The number of carboxylic acids is 1. The Bertz CT molecular complexity index is 538. The van der Waals surface area contributed by atoms with Crippen LogP contribution >= 0.6 is 0 Å². The predicted molar refractivity (Wildman–Crippen MR) is 82.6 cm³/mol. The van der Waals surface area contributed by atoms with Crippen LogP contribution in [0.4, 0.5) is 0 Å². The van der Waals surface area contributed by atoms with Gasteiger partial charge in [-0.05, 0) is 37.0 Å². The van der Waals surface area contributed by atoms with E-state index in [1.54, 1.807) is 0 Å². The number of carbonyl (C=O) groups is 2. The molecule has 0 spiro atoms. The molecule has 5 heteroatoms. The topological polar surface area (TPSA) is 75.6 Å². The highest BCUT2D eigenvalue weighted by Gasteiger charge is 2.48. The lowest BCUT2D eigenvalue weighted by molar-refractivity contribution is -0.140. The summed E-state index contributed by atoms with van der Waals surface area (Å²) in [6.45, 7) is 6.74. The van der Waals surface area contributed by atoms with Crippen LogP contribution < -0.4 is 10.1 Å². The Morgan fingerprint density at radius 2 is 1.86 bits per heavy atom. The molecule has 5 nitrogen and oxygen atoms in total. The zero-order chi connectivity index (χ0) is 16.3. The molecular formula is C17H23NO4. The van der Waals surface area contributed by atoms with Crippen molar-refractivity contribution in [3.63, 3.8) is 0 Å². The standard InChI is InChI=1S/C17H23NO4/c1-10(2)9-22-13-6-4-12(5-7-13)11(3)18-16(19)14-8-15(14)17(20)21/h4-7,10-11,14-15H,8-9H2,1-3H3,(H,18,19)(H,20,21). The number of ether oxygens (including phenoxy) is 1. The van der Waals surface area contributed by atoms with Gasteiger partial charge in [0.25, 0.3) is 0 Å². The van der Waals surface area contributed by atoms with Gasteiger partial charge in [0.2, 0.25) is 5.91 Å². The molecule has 3 unspecified atom stereocenters. The number of nitrogens with one attached hydrogen (secondary N) is 1. The highest BCUT2D eigenvalue weighted by molar-refractivity contribution is 5.89. The number of amides is 1. The Morgan fingerprint density at radius 1 is 1.23 bits per heavy atom. The highest BCUT2D eigenvalue weighted by Crippen LogP contribution is 2.39. The van der Waals surface area contributed by atoms with Crippen LogP contribution in [0.25, 0.3) is 0 Å². The van der Waals surface area contributed by atoms with Crippen LogP contribution in [0.5, 0.6) is 5.75 Å². The summed E-state index contributed by atoms with van der Waals surface area (Å²) in [6, 6.07) is 7.46. The molecule has 120 valence electrons. The first-order valence-electron chi connectivity index (χ1n) is 7.64. The van der Waals surface area contributed by atoms with E-state index in [9.17, 15) is 9.59 Å². The van der Waals surface area contributed by atoms with Gasteiger partial charge in [-0.25, -0.2) is 0 Å². The van der Waals surface area contributed by atoms with E-state index < -0.39 is 11.9 Å². The van der Waals surface area contributed by atoms with Gasteiger partial charge in [0.1, 0.15) is 5.75 Å². The number of rotatable bonds is 7. The van der Waals surface area contributed by atoms with E-state index in [1.807, 2.05) is 31.2 Å². The molecular weight excluding hydrogens is 282 g/mol. The number of benzene rings is 1. The Kier molecular flexibility index (Phi) is 5.06. The number of aliphatic carboxylic acids is 1. The van der Waals surface area contributed by atoms with E-state index in [0.717, 1.165) is 11.3 Å². The largest absolute Gasteiger partial charge is 0.493 e. The van der Waals surface area contributed by atoms with Crippen molar-refractivity contribution in [2.75, 3.05) is 6.61 Å². The molecule has 0 aliphatic heterocycles. The van der Waals surface area contributed by atoms with Crippen LogP contribution in [0, 0.1) is 17.8 Å². The number of carboxylic acid groups (broad SMARTS) is 1. The molecule has 0 radical (unpaired) electrons. The molecule has 1 aliphatic carbocycles. The second-order valence-electron chi connectivity index (χ2n) is 6.29. The normalized spacial score (nSPS) is 21.3. The summed E-state index contributed by atoms with van der Waals surface area (Å²) in [5, 5.41) is 11.7. The van der Waals surface area contributed by atoms with Crippen LogP contribution in [0.15, 0.2) is 24.3 Å². The van der Waals surface area contributed by atoms with Gasteiger partial charge in [-0.2, -0.15) is 0 Å². The molecule has 0 bridgehead atoms. The quantitative estimate of drug-likeness (QED) is 0.812. The minimum absolute atomic E-state index is 0.151. The summed E-state index contributed by atoms with van der Waals surface area (Å²) in [6.07, 6.45) is 0.440. The van der Waals surface area contributed by atoms with Gasteiger partial charge in [-0.15, -0.1) is 0 Å². The first kappa shape index (κ1) is 16.3. The molecule has 0 aromatic heterocycles. The molecule has 3 atom stereocenters. The smallest absolute Gasteiger partial charge is 0.307 e. The van der Waals surface area contributed by atoms with Crippen molar-refractivity contribution < 1.29 is 19.4 Å². The van der Waals surface area contributed by atoms with Crippen LogP contribution in [0.3, 0.4) is 0 Å². The first-order chi connectivity index (χ1) is 10.4. The average Bonchev–Trinajstić information content (AvgIpc) is 3.26.